The molecule has 0 bridgehead atoms. The lowest BCUT2D eigenvalue weighted by Gasteiger charge is -2.29. The van der Waals surface area contributed by atoms with Gasteiger partial charge in [-0.2, -0.15) is 0 Å². The first-order chi connectivity index (χ1) is 16.5. The highest BCUT2D eigenvalue weighted by atomic mass is 16.6. The van der Waals surface area contributed by atoms with Crippen LogP contribution in [0.3, 0.4) is 0 Å². The monoisotopic (exact) mass is 482 g/mol. The number of carbonyl (C=O) groups is 4. The van der Waals surface area contributed by atoms with E-state index in [0.29, 0.717) is 0 Å². The fourth-order valence-corrected chi connectivity index (χ4v) is 4.09. The smallest absolute Gasteiger partial charge is 0.408 e. The largest absolute Gasteiger partial charge is 0.480 e. The second kappa shape index (κ2) is 10.6. The third-order valence-electron chi connectivity index (χ3n) is 5.79. The summed E-state index contributed by atoms with van der Waals surface area (Å²) < 4.78 is 10.3. The van der Waals surface area contributed by atoms with Gasteiger partial charge in [-0.3, -0.25) is 10.1 Å². The van der Waals surface area contributed by atoms with Crippen LogP contribution in [-0.2, 0) is 23.9 Å². The van der Waals surface area contributed by atoms with E-state index < -0.39 is 41.4 Å². The van der Waals surface area contributed by atoms with Crippen molar-refractivity contribution < 1.29 is 33.8 Å². The van der Waals surface area contributed by atoms with Crippen molar-refractivity contribution in [1.29, 1.82) is 0 Å². The molecule has 2 aromatic carbocycles. The molecule has 2 amide bonds. The number of carboxylic acid groups (broad SMARTS) is 1. The van der Waals surface area contributed by atoms with Crippen LogP contribution in [0.5, 0.6) is 0 Å². The van der Waals surface area contributed by atoms with Gasteiger partial charge in [0.1, 0.15) is 12.6 Å². The maximum atomic E-state index is 12.8. The molecule has 2 atom stereocenters. The van der Waals surface area contributed by atoms with Crippen LogP contribution in [0, 0.1) is 5.41 Å². The summed E-state index contributed by atoms with van der Waals surface area (Å²) in [4.78, 5) is 49.5. The summed E-state index contributed by atoms with van der Waals surface area (Å²) in [7, 11) is 0. The van der Waals surface area contributed by atoms with Gasteiger partial charge in [-0.15, -0.1) is 0 Å². The fraction of sp³-hybridized carbons (Fsp3) is 0.385. The maximum absolute atomic E-state index is 12.8. The predicted molar refractivity (Wildman–Crippen MR) is 128 cm³/mol. The molecule has 0 aromatic heterocycles. The minimum atomic E-state index is -1.77. The molecule has 186 valence electrons. The van der Waals surface area contributed by atoms with Crippen molar-refractivity contribution in [3.05, 3.63) is 59.7 Å². The number of fused-ring (bicyclic) bond motifs is 3. The zero-order chi connectivity index (χ0) is 25.8. The number of hydrogen-bond acceptors (Lipinski definition) is 6. The second-order valence-corrected chi connectivity index (χ2v) is 9.30. The molecule has 0 saturated heterocycles. The number of carboxylic acids is 1. The number of alkyl carbamates (subject to hydrolysis) is 1. The minimum absolute atomic E-state index is 0.0171. The summed E-state index contributed by atoms with van der Waals surface area (Å²) in [6.45, 7) is 6.39. The number of ether oxygens (including phenoxy) is 2. The van der Waals surface area contributed by atoms with Crippen molar-refractivity contribution in [3.8, 4) is 11.1 Å². The molecule has 35 heavy (non-hydrogen) atoms. The first-order valence-electron chi connectivity index (χ1n) is 11.4. The lowest BCUT2D eigenvalue weighted by atomic mass is 9.86. The van der Waals surface area contributed by atoms with Crippen molar-refractivity contribution in [2.75, 3.05) is 13.2 Å². The van der Waals surface area contributed by atoms with E-state index in [4.69, 9.17) is 9.47 Å². The summed E-state index contributed by atoms with van der Waals surface area (Å²) in [5, 5.41) is 14.0. The van der Waals surface area contributed by atoms with Crippen LogP contribution >= 0.6 is 0 Å². The summed E-state index contributed by atoms with van der Waals surface area (Å²) in [6, 6.07) is 12.6. The van der Waals surface area contributed by atoms with E-state index in [1.54, 1.807) is 27.7 Å². The Labute approximate surface area is 203 Å². The molecule has 3 N–H and O–H groups in total. The third-order valence-corrected chi connectivity index (χ3v) is 5.79. The highest BCUT2D eigenvalue weighted by molar-refractivity contribution is 6.05. The van der Waals surface area contributed by atoms with E-state index in [1.807, 2.05) is 48.5 Å². The highest BCUT2D eigenvalue weighted by Crippen LogP contribution is 2.44. The zero-order valence-electron chi connectivity index (χ0n) is 20.2. The highest BCUT2D eigenvalue weighted by Gasteiger charge is 2.38. The van der Waals surface area contributed by atoms with Gasteiger partial charge in [0.2, 0.25) is 6.04 Å². The summed E-state index contributed by atoms with van der Waals surface area (Å²) in [5.41, 5.74) is 3.29. The second-order valence-electron chi connectivity index (χ2n) is 9.30. The summed E-state index contributed by atoms with van der Waals surface area (Å²) >= 11 is 0. The number of benzene rings is 2. The standard InChI is InChI=1S/C26H30N2O7/c1-5-34-24(32)20(22(29)28-21(23(30)31)26(2,3)4)27-25(33)35-14-19-17-12-8-6-10-15(17)16-11-7-9-13-18(16)19/h6-13,19-21H,5,14H2,1-4H3,(H,27,33)(H,28,29)(H,30,31)/t20?,21-/m1/s1. The first-order valence-corrected chi connectivity index (χ1v) is 11.4. The number of carbonyl (C=O) groups excluding carboxylic acids is 3. The molecule has 0 heterocycles. The van der Waals surface area contributed by atoms with E-state index in [1.165, 1.54) is 0 Å². The molecule has 2 aromatic rings. The lowest BCUT2D eigenvalue weighted by molar-refractivity contribution is -0.152. The Morgan fingerprint density at radius 3 is 1.94 bits per heavy atom. The minimum Gasteiger partial charge on any atom is -0.480 e. The van der Waals surface area contributed by atoms with Gasteiger partial charge < -0.3 is 19.9 Å². The molecule has 0 fully saturated rings. The van der Waals surface area contributed by atoms with Crippen LogP contribution in [0.4, 0.5) is 4.79 Å². The fourth-order valence-electron chi connectivity index (χ4n) is 4.09. The Morgan fingerprint density at radius 1 is 0.914 bits per heavy atom. The third kappa shape index (κ3) is 5.79. The van der Waals surface area contributed by atoms with Crippen LogP contribution in [0.1, 0.15) is 44.7 Å². The number of rotatable bonds is 8. The van der Waals surface area contributed by atoms with Gasteiger partial charge in [0.15, 0.2) is 0 Å². The van der Waals surface area contributed by atoms with Crippen molar-refractivity contribution in [2.24, 2.45) is 5.41 Å². The molecule has 0 aliphatic heterocycles. The van der Waals surface area contributed by atoms with E-state index in [0.717, 1.165) is 22.3 Å². The molecule has 1 aliphatic rings. The van der Waals surface area contributed by atoms with Crippen molar-refractivity contribution >= 4 is 23.9 Å². The normalized spacial score (nSPS) is 14.2. The molecule has 9 heteroatoms. The summed E-state index contributed by atoms with van der Waals surface area (Å²) in [5.74, 6) is -3.49. The van der Waals surface area contributed by atoms with Gasteiger partial charge in [-0.25, -0.2) is 14.4 Å². The van der Waals surface area contributed by atoms with E-state index in [9.17, 15) is 24.3 Å². The van der Waals surface area contributed by atoms with Gasteiger partial charge in [0.25, 0.3) is 5.91 Å². The Morgan fingerprint density at radius 2 is 1.46 bits per heavy atom. The van der Waals surface area contributed by atoms with Crippen molar-refractivity contribution in [1.82, 2.24) is 10.6 Å². The Bertz CT molecular complexity index is 1080. The number of nitrogens with one attached hydrogen (secondary N) is 2. The van der Waals surface area contributed by atoms with E-state index >= 15 is 0 Å². The van der Waals surface area contributed by atoms with Crippen LogP contribution in [0.25, 0.3) is 11.1 Å². The molecule has 3 rings (SSSR count). The average Bonchev–Trinajstić information content (AvgIpc) is 3.12. The molecule has 0 radical (unpaired) electrons. The number of hydrogen-bond donors (Lipinski definition) is 3. The van der Waals surface area contributed by atoms with E-state index in [2.05, 4.69) is 10.6 Å². The Balaban J connectivity index is 1.72. The number of aliphatic carboxylic acids is 1. The van der Waals surface area contributed by atoms with Gasteiger partial charge >= 0.3 is 18.0 Å². The molecule has 1 aliphatic carbocycles. The SMILES string of the molecule is CCOC(=O)C(NC(=O)OCC1c2ccccc2-c2ccccc21)C(=O)N[C@H](C(=O)O)C(C)(C)C. The lowest BCUT2D eigenvalue weighted by Crippen LogP contribution is -2.58. The van der Waals surface area contributed by atoms with Gasteiger partial charge in [0, 0.05) is 5.92 Å². The molecule has 9 nitrogen and oxygen atoms in total. The van der Waals surface area contributed by atoms with Crippen molar-refractivity contribution in [3.63, 3.8) is 0 Å². The number of amides is 2. The van der Waals surface area contributed by atoms with Crippen LogP contribution in [0.2, 0.25) is 0 Å². The predicted octanol–water partition coefficient (Wildman–Crippen LogP) is 3.07. The number of esters is 1. The first kappa shape index (κ1) is 25.7. The van der Waals surface area contributed by atoms with Crippen LogP contribution < -0.4 is 10.6 Å². The van der Waals surface area contributed by atoms with Gasteiger partial charge in [0.05, 0.1) is 6.61 Å². The van der Waals surface area contributed by atoms with Gasteiger partial charge in [-0.1, -0.05) is 69.3 Å². The molecular formula is C26H30N2O7. The quantitative estimate of drug-likeness (QED) is 0.389. The molecular weight excluding hydrogens is 452 g/mol. The molecule has 0 spiro atoms. The summed E-state index contributed by atoms with van der Waals surface area (Å²) in [6.07, 6.45) is -0.998. The Hall–Kier alpha value is -3.88. The van der Waals surface area contributed by atoms with Crippen molar-refractivity contribution in [2.45, 2.75) is 45.7 Å². The topological polar surface area (TPSA) is 131 Å². The molecule has 0 saturated carbocycles. The van der Waals surface area contributed by atoms with Crippen LogP contribution in [0.15, 0.2) is 48.5 Å². The zero-order valence-corrected chi connectivity index (χ0v) is 20.2. The van der Waals surface area contributed by atoms with Gasteiger partial charge in [-0.05, 0) is 34.6 Å². The maximum Gasteiger partial charge on any atom is 0.408 e. The van der Waals surface area contributed by atoms with E-state index in [-0.39, 0.29) is 19.1 Å². The molecule has 1 unspecified atom stereocenters. The van der Waals surface area contributed by atoms with Crippen LogP contribution in [-0.4, -0.2) is 54.3 Å². The average molecular weight is 483 g/mol. The Kier molecular flexibility index (Phi) is 7.78.